The monoisotopic (exact) mass is 418 g/mol. The molecule has 0 aromatic heterocycles. The van der Waals surface area contributed by atoms with Crippen molar-refractivity contribution in [1.29, 1.82) is 0 Å². The number of carbonyl (C=O) groups is 1. The third-order valence-electron chi connectivity index (χ3n) is 3.56. The topological polar surface area (TPSA) is 70.9 Å². The van der Waals surface area contributed by atoms with Crippen LogP contribution < -0.4 is 10.1 Å². The molecule has 1 aliphatic heterocycles. The van der Waals surface area contributed by atoms with E-state index in [9.17, 15) is 9.90 Å². The molecule has 1 aliphatic rings. The summed E-state index contributed by atoms with van der Waals surface area (Å²) in [6, 6.07) is 11.1. The molecule has 1 saturated heterocycles. The average Bonchev–Trinajstić information content (AvgIpc) is 2.92. The number of benzene rings is 2. The maximum Gasteiger partial charge on any atom is 0.264 e. The number of nitrogens with one attached hydrogen (secondary N) is 1. The second-order valence-corrected chi connectivity index (χ2v) is 7.26. The van der Waals surface area contributed by atoms with Crippen LogP contribution in [-0.2, 0) is 4.79 Å². The van der Waals surface area contributed by atoms with Crippen molar-refractivity contribution in [2.75, 3.05) is 7.11 Å². The Labute approximate surface area is 157 Å². The highest BCUT2D eigenvalue weighted by molar-refractivity contribution is 9.10. The number of ether oxygens (including phenoxy) is 1. The van der Waals surface area contributed by atoms with E-state index in [0.29, 0.717) is 21.4 Å². The maximum absolute atomic E-state index is 12.2. The number of para-hydroxylation sites is 1. The Kier molecular flexibility index (Phi) is 5.15. The SMILES string of the molecule is COc1cc(Br)cc(/C=C2\SC(=Nc3ccccc3C)NC2=O)c1O. The maximum atomic E-state index is 12.2. The third kappa shape index (κ3) is 3.88. The zero-order chi connectivity index (χ0) is 18.0. The minimum absolute atomic E-state index is 0.0177. The number of aryl methyl sites for hydroxylation is 1. The number of rotatable bonds is 3. The molecule has 0 bridgehead atoms. The molecular formula is C18H15BrN2O3S. The van der Waals surface area contributed by atoms with Gasteiger partial charge in [0.15, 0.2) is 16.7 Å². The summed E-state index contributed by atoms with van der Waals surface area (Å²) in [6.45, 7) is 1.96. The van der Waals surface area contributed by atoms with Crippen molar-refractivity contribution in [2.45, 2.75) is 6.92 Å². The van der Waals surface area contributed by atoms with Gasteiger partial charge in [-0.2, -0.15) is 0 Å². The van der Waals surface area contributed by atoms with Gasteiger partial charge in [0.25, 0.3) is 5.91 Å². The van der Waals surface area contributed by atoms with Crippen LogP contribution in [0.25, 0.3) is 6.08 Å². The van der Waals surface area contributed by atoms with E-state index in [1.54, 1.807) is 18.2 Å². The summed E-state index contributed by atoms with van der Waals surface area (Å²) < 4.78 is 5.87. The molecule has 2 aromatic rings. The lowest BCUT2D eigenvalue weighted by atomic mass is 10.1. The van der Waals surface area contributed by atoms with E-state index in [0.717, 1.165) is 15.7 Å². The van der Waals surface area contributed by atoms with E-state index < -0.39 is 0 Å². The zero-order valence-electron chi connectivity index (χ0n) is 13.5. The molecule has 1 fully saturated rings. The fraction of sp³-hybridized carbons (Fsp3) is 0.111. The van der Waals surface area contributed by atoms with Gasteiger partial charge in [-0.05, 0) is 48.5 Å². The Balaban J connectivity index is 1.93. The highest BCUT2D eigenvalue weighted by Gasteiger charge is 2.24. The number of aliphatic imine (C=N–C) groups is 1. The van der Waals surface area contributed by atoms with E-state index in [4.69, 9.17) is 4.74 Å². The number of phenols is 1. The van der Waals surface area contributed by atoms with Crippen LogP contribution in [0.3, 0.4) is 0 Å². The number of phenolic OH excluding ortho intramolecular Hbond substituents is 1. The van der Waals surface area contributed by atoms with Crippen molar-refractivity contribution in [3.63, 3.8) is 0 Å². The molecule has 3 rings (SSSR count). The molecule has 0 spiro atoms. The summed E-state index contributed by atoms with van der Waals surface area (Å²) >= 11 is 4.59. The average molecular weight is 419 g/mol. The minimum atomic E-state index is -0.254. The first-order valence-corrected chi connectivity index (χ1v) is 9.00. The molecule has 0 saturated carbocycles. The van der Waals surface area contributed by atoms with Crippen LogP contribution in [0, 0.1) is 6.92 Å². The van der Waals surface area contributed by atoms with Crippen molar-refractivity contribution in [1.82, 2.24) is 5.32 Å². The number of carbonyl (C=O) groups excluding carboxylic acids is 1. The van der Waals surface area contributed by atoms with Crippen LogP contribution in [0.15, 0.2) is 50.8 Å². The molecule has 0 atom stereocenters. The Morgan fingerprint density at radius 1 is 1.32 bits per heavy atom. The van der Waals surface area contributed by atoms with Crippen LogP contribution in [0.5, 0.6) is 11.5 Å². The molecule has 1 amide bonds. The second kappa shape index (κ2) is 7.33. The molecule has 1 heterocycles. The van der Waals surface area contributed by atoms with Gasteiger partial charge < -0.3 is 15.2 Å². The van der Waals surface area contributed by atoms with E-state index in [1.165, 1.54) is 18.9 Å². The molecule has 2 aromatic carbocycles. The zero-order valence-corrected chi connectivity index (χ0v) is 15.9. The van der Waals surface area contributed by atoms with Crippen molar-refractivity contribution < 1.29 is 14.6 Å². The van der Waals surface area contributed by atoms with Crippen LogP contribution in [0.2, 0.25) is 0 Å². The fourth-order valence-electron chi connectivity index (χ4n) is 2.28. The number of methoxy groups -OCH3 is 1. The van der Waals surface area contributed by atoms with Gasteiger partial charge in [-0.25, -0.2) is 4.99 Å². The molecule has 7 heteroatoms. The summed E-state index contributed by atoms with van der Waals surface area (Å²) in [7, 11) is 1.47. The first kappa shape index (κ1) is 17.6. The van der Waals surface area contributed by atoms with E-state index in [1.807, 2.05) is 31.2 Å². The first-order chi connectivity index (χ1) is 12.0. The van der Waals surface area contributed by atoms with Gasteiger partial charge in [0.1, 0.15) is 0 Å². The number of aromatic hydroxyl groups is 1. The van der Waals surface area contributed by atoms with Crippen LogP contribution in [0.4, 0.5) is 5.69 Å². The lowest BCUT2D eigenvalue weighted by molar-refractivity contribution is -0.115. The highest BCUT2D eigenvalue weighted by atomic mass is 79.9. The van der Waals surface area contributed by atoms with Crippen LogP contribution >= 0.6 is 27.7 Å². The number of amidine groups is 1. The normalized spacial score (nSPS) is 17.2. The number of hydrogen-bond acceptors (Lipinski definition) is 5. The smallest absolute Gasteiger partial charge is 0.264 e. The van der Waals surface area contributed by atoms with Crippen molar-refractivity contribution in [3.8, 4) is 11.5 Å². The van der Waals surface area contributed by atoms with Gasteiger partial charge in [0.05, 0.1) is 17.7 Å². The first-order valence-electron chi connectivity index (χ1n) is 7.39. The van der Waals surface area contributed by atoms with Gasteiger partial charge in [-0.3, -0.25) is 4.79 Å². The van der Waals surface area contributed by atoms with Crippen molar-refractivity contribution in [3.05, 3.63) is 56.9 Å². The summed E-state index contributed by atoms with van der Waals surface area (Å²) in [5.74, 6) is 0.0602. The largest absolute Gasteiger partial charge is 0.504 e. The summed E-state index contributed by atoms with van der Waals surface area (Å²) in [5.41, 5.74) is 2.32. The standard InChI is InChI=1S/C18H15BrN2O3S/c1-10-5-3-4-6-13(10)20-18-21-17(23)15(25-18)8-11-7-12(19)9-14(24-2)16(11)22/h3-9,22H,1-2H3,(H,20,21,23)/b15-8-. The predicted octanol–water partition coefficient (Wildman–Crippen LogP) is 4.36. The molecule has 5 nitrogen and oxygen atoms in total. The van der Waals surface area contributed by atoms with Crippen LogP contribution in [0.1, 0.15) is 11.1 Å². The number of thioether (sulfide) groups is 1. The summed E-state index contributed by atoms with van der Waals surface area (Å²) in [4.78, 5) is 17.1. The molecule has 0 radical (unpaired) electrons. The van der Waals surface area contributed by atoms with Gasteiger partial charge in [0.2, 0.25) is 0 Å². The number of halogens is 1. The van der Waals surface area contributed by atoms with E-state index in [2.05, 4.69) is 26.2 Å². The van der Waals surface area contributed by atoms with Gasteiger partial charge in [0, 0.05) is 10.0 Å². The molecule has 2 N–H and O–H groups in total. The minimum Gasteiger partial charge on any atom is -0.504 e. The number of hydrogen-bond donors (Lipinski definition) is 2. The Hall–Kier alpha value is -2.25. The van der Waals surface area contributed by atoms with Crippen molar-refractivity contribution in [2.24, 2.45) is 4.99 Å². The third-order valence-corrected chi connectivity index (χ3v) is 4.93. The highest BCUT2D eigenvalue weighted by Crippen LogP contribution is 2.37. The lowest BCUT2D eigenvalue weighted by Crippen LogP contribution is -2.19. The van der Waals surface area contributed by atoms with E-state index >= 15 is 0 Å². The molecular weight excluding hydrogens is 404 g/mol. The quantitative estimate of drug-likeness (QED) is 0.726. The summed E-state index contributed by atoms with van der Waals surface area (Å²) in [6.07, 6.45) is 1.61. The molecule has 0 unspecified atom stereocenters. The molecule has 25 heavy (non-hydrogen) atoms. The van der Waals surface area contributed by atoms with E-state index in [-0.39, 0.29) is 11.7 Å². The number of nitrogens with zero attached hydrogens (tertiary/aromatic N) is 1. The summed E-state index contributed by atoms with van der Waals surface area (Å²) in [5, 5.41) is 13.5. The van der Waals surface area contributed by atoms with Gasteiger partial charge in [-0.1, -0.05) is 34.1 Å². The van der Waals surface area contributed by atoms with Gasteiger partial charge in [-0.15, -0.1) is 0 Å². The van der Waals surface area contributed by atoms with Crippen LogP contribution in [-0.4, -0.2) is 23.3 Å². The van der Waals surface area contributed by atoms with Gasteiger partial charge >= 0.3 is 0 Å². The second-order valence-electron chi connectivity index (χ2n) is 5.31. The lowest BCUT2D eigenvalue weighted by Gasteiger charge is -2.07. The molecule has 0 aliphatic carbocycles. The Morgan fingerprint density at radius 2 is 2.08 bits per heavy atom. The number of amides is 1. The molecule has 128 valence electrons. The Bertz CT molecular complexity index is 909. The predicted molar refractivity (Wildman–Crippen MR) is 104 cm³/mol. The van der Waals surface area contributed by atoms with Crippen molar-refractivity contribution >= 4 is 50.5 Å². The Morgan fingerprint density at radius 3 is 2.80 bits per heavy atom. The fourth-order valence-corrected chi connectivity index (χ4v) is 3.56.